The van der Waals surface area contributed by atoms with Crippen molar-refractivity contribution in [3.8, 4) is 10.6 Å². The topological polar surface area (TPSA) is 37.8 Å². The fraction of sp³-hybridized carbons (Fsp3) is 0.429. The third-order valence-corrected chi connectivity index (χ3v) is 3.87. The van der Waals surface area contributed by atoms with Crippen LogP contribution in [0.5, 0.6) is 0 Å². The number of rotatable bonds is 4. The summed E-state index contributed by atoms with van der Waals surface area (Å²) >= 11 is 7.15. The molecular formula is C14H17ClFN3S. The Balaban J connectivity index is 2.05. The maximum absolute atomic E-state index is 13.8. The van der Waals surface area contributed by atoms with Gasteiger partial charge >= 0.3 is 0 Å². The number of nitrogens with zero attached hydrogens (tertiary/aromatic N) is 2. The van der Waals surface area contributed by atoms with Gasteiger partial charge in [0.15, 0.2) is 5.01 Å². The normalized spacial score (nSPS) is 11.8. The highest BCUT2D eigenvalue weighted by molar-refractivity contribution is 7.14. The second-order valence-electron chi connectivity index (χ2n) is 5.55. The van der Waals surface area contributed by atoms with Crippen molar-refractivity contribution >= 4 is 22.9 Å². The molecule has 0 spiro atoms. The van der Waals surface area contributed by atoms with E-state index in [0.29, 0.717) is 15.6 Å². The summed E-state index contributed by atoms with van der Waals surface area (Å²) in [5.74, 6) is -0.368. The van der Waals surface area contributed by atoms with Crippen LogP contribution in [0, 0.1) is 5.82 Å². The Morgan fingerprint density at radius 2 is 2.05 bits per heavy atom. The highest BCUT2D eigenvalue weighted by Gasteiger charge is 2.13. The molecular weight excluding hydrogens is 297 g/mol. The van der Waals surface area contributed by atoms with Crippen LogP contribution in [-0.4, -0.2) is 22.3 Å². The average molecular weight is 314 g/mol. The minimum absolute atomic E-state index is 0.0792. The molecule has 0 saturated carbocycles. The zero-order chi connectivity index (χ0) is 14.8. The van der Waals surface area contributed by atoms with Gasteiger partial charge < -0.3 is 5.32 Å². The van der Waals surface area contributed by atoms with E-state index in [9.17, 15) is 4.39 Å². The van der Waals surface area contributed by atoms with Gasteiger partial charge in [0.05, 0.1) is 0 Å². The predicted molar refractivity (Wildman–Crippen MR) is 81.8 cm³/mol. The molecule has 0 saturated heterocycles. The molecule has 108 valence electrons. The zero-order valence-electron chi connectivity index (χ0n) is 11.7. The number of hydrogen-bond donors (Lipinski definition) is 1. The molecule has 1 N–H and O–H groups in total. The van der Waals surface area contributed by atoms with Crippen LogP contribution in [0.15, 0.2) is 18.2 Å². The summed E-state index contributed by atoms with van der Waals surface area (Å²) in [6.45, 7) is 7.16. The molecule has 6 heteroatoms. The molecule has 0 aliphatic heterocycles. The molecule has 0 aliphatic carbocycles. The predicted octanol–water partition coefficient (Wildman–Crippen LogP) is 3.93. The van der Waals surface area contributed by atoms with Gasteiger partial charge in [-0.05, 0) is 39.0 Å². The van der Waals surface area contributed by atoms with Crippen LogP contribution in [0.25, 0.3) is 10.6 Å². The molecule has 1 aromatic carbocycles. The molecule has 0 bridgehead atoms. The monoisotopic (exact) mass is 313 g/mol. The van der Waals surface area contributed by atoms with E-state index >= 15 is 0 Å². The van der Waals surface area contributed by atoms with Gasteiger partial charge in [-0.2, -0.15) is 0 Å². The van der Waals surface area contributed by atoms with Crippen LogP contribution in [-0.2, 0) is 6.42 Å². The van der Waals surface area contributed by atoms with Gasteiger partial charge in [0.1, 0.15) is 10.8 Å². The van der Waals surface area contributed by atoms with Gasteiger partial charge in [0, 0.05) is 29.1 Å². The molecule has 1 heterocycles. The largest absolute Gasteiger partial charge is 0.312 e. The van der Waals surface area contributed by atoms with E-state index in [4.69, 9.17) is 11.6 Å². The van der Waals surface area contributed by atoms with Gasteiger partial charge in [-0.3, -0.25) is 0 Å². The van der Waals surface area contributed by atoms with Crippen LogP contribution < -0.4 is 5.32 Å². The van der Waals surface area contributed by atoms with Crippen molar-refractivity contribution in [3.63, 3.8) is 0 Å². The van der Waals surface area contributed by atoms with E-state index in [1.165, 1.54) is 17.4 Å². The first-order valence-electron chi connectivity index (χ1n) is 6.38. The summed E-state index contributed by atoms with van der Waals surface area (Å²) in [5.41, 5.74) is 0.525. The Hall–Kier alpha value is -1.04. The van der Waals surface area contributed by atoms with Crippen LogP contribution in [0.2, 0.25) is 5.02 Å². The second-order valence-corrected chi connectivity index (χ2v) is 7.05. The number of benzene rings is 1. The van der Waals surface area contributed by atoms with Crippen LogP contribution in [0.1, 0.15) is 25.8 Å². The van der Waals surface area contributed by atoms with Gasteiger partial charge in [0.25, 0.3) is 0 Å². The third kappa shape index (κ3) is 4.23. The molecule has 1 aromatic heterocycles. The third-order valence-electron chi connectivity index (χ3n) is 2.62. The van der Waals surface area contributed by atoms with Crippen LogP contribution in [0.3, 0.4) is 0 Å². The smallest absolute Gasteiger partial charge is 0.150 e. The Morgan fingerprint density at radius 1 is 1.30 bits per heavy atom. The van der Waals surface area contributed by atoms with Gasteiger partial charge in [-0.15, -0.1) is 10.2 Å². The van der Waals surface area contributed by atoms with Crippen LogP contribution in [0.4, 0.5) is 4.39 Å². The Bertz CT molecular complexity index is 592. The first-order valence-corrected chi connectivity index (χ1v) is 7.57. The van der Waals surface area contributed by atoms with Gasteiger partial charge in [-0.25, -0.2) is 4.39 Å². The number of halogens is 2. The van der Waals surface area contributed by atoms with Gasteiger partial charge in [0.2, 0.25) is 0 Å². The standard InChI is InChI=1S/C14H17ClFN3S/c1-14(2,3)17-7-6-12-18-19-13(20-12)10-5-4-9(15)8-11(10)16/h4-5,8,17H,6-7H2,1-3H3. The lowest BCUT2D eigenvalue weighted by molar-refractivity contribution is 0.429. The summed E-state index contributed by atoms with van der Waals surface area (Å²) in [5, 5.41) is 13.4. The quantitative estimate of drug-likeness (QED) is 0.929. The van der Waals surface area contributed by atoms with E-state index < -0.39 is 0 Å². The highest BCUT2D eigenvalue weighted by atomic mass is 35.5. The van der Waals surface area contributed by atoms with Crippen molar-refractivity contribution in [2.45, 2.75) is 32.7 Å². The highest BCUT2D eigenvalue weighted by Crippen LogP contribution is 2.28. The summed E-state index contributed by atoms with van der Waals surface area (Å²) < 4.78 is 13.8. The molecule has 0 aliphatic rings. The molecule has 0 amide bonds. The molecule has 3 nitrogen and oxygen atoms in total. The second kappa shape index (κ2) is 6.16. The molecule has 2 rings (SSSR count). The van der Waals surface area contributed by atoms with Crippen molar-refractivity contribution in [1.29, 1.82) is 0 Å². The first kappa shape index (κ1) is 15.4. The van der Waals surface area contributed by atoms with E-state index in [2.05, 4.69) is 36.3 Å². The molecule has 0 fully saturated rings. The maximum Gasteiger partial charge on any atom is 0.150 e. The molecule has 2 aromatic rings. The summed E-state index contributed by atoms with van der Waals surface area (Å²) in [6, 6.07) is 4.58. The fourth-order valence-corrected chi connectivity index (χ4v) is 2.70. The van der Waals surface area contributed by atoms with Crippen molar-refractivity contribution in [1.82, 2.24) is 15.5 Å². The minimum atomic E-state index is -0.368. The lowest BCUT2D eigenvalue weighted by Crippen LogP contribution is -2.37. The molecule has 0 atom stereocenters. The first-order chi connectivity index (χ1) is 9.35. The summed E-state index contributed by atoms with van der Waals surface area (Å²) in [7, 11) is 0. The maximum atomic E-state index is 13.8. The SMILES string of the molecule is CC(C)(C)NCCc1nnc(-c2ccc(Cl)cc2F)s1. The van der Waals surface area contributed by atoms with E-state index in [1.54, 1.807) is 12.1 Å². The molecule has 20 heavy (non-hydrogen) atoms. The van der Waals surface area contributed by atoms with Crippen molar-refractivity contribution in [3.05, 3.63) is 34.0 Å². The van der Waals surface area contributed by atoms with Crippen molar-refractivity contribution in [2.75, 3.05) is 6.54 Å². The zero-order valence-corrected chi connectivity index (χ0v) is 13.3. The lowest BCUT2D eigenvalue weighted by atomic mass is 10.1. The van der Waals surface area contributed by atoms with E-state index in [0.717, 1.165) is 18.0 Å². The fourth-order valence-electron chi connectivity index (χ4n) is 1.67. The van der Waals surface area contributed by atoms with Crippen molar-refractivity contribution in [2.24, 2.45) is 0 Å². The number of aromatic nitrogens is 2. The average Bonchev–Trinajstić information content (AvgIpc) is 2.75. The lowest BCUT2D eigenvalue weighted by Gasteiger charge is -2.19. The summed E-state index contributed by atoms with van der Waals surface area (Å²) in [6.07, 6.45) is 0.782. The molecule has 0 radical (unpaired) electrons. The number of hydrogen-bond acceptors (Lipinski definition) is 4. The Kier molecular flexibility index (Phi) is 4.73. The minimum Gasteiger partial charge on any atom is -0.312 e. The van der Waals surface area contributed by atoms with E-state index in [-0.39, 0.29) is 11.4 Å². The Labute approximate surface area is 127 Å². The van der Waals surface area contributed by atoms with Crippen molar-refractivity contribution < 1.29 is 4.39 Å². The summed E-state index contributed by atoms with van der Waals surface area (Å²) in [4.78, 5) is 0. The Morgan fingerprint density at radius 3 is 2.70 bits per heavy atom. The van der Waals surface area contributed by atoms with E-state index in [1.807, 2.05) is 0 Å². The molecule has 0 unspecified atom stereocenters. The van der Waals surface area contributed by atoms with Gasteiger partial charge in [-0.1, -0.05) is 22.9 Å². The number of nitrogens with one attached hydrogen (secondary N) is 1. The van der Waals surface area contributed by atoms with Crippen LogP contribution >= 0.6 is 22.9 Å².